The third-order valence-electron chi connectivity index (χ3n) is 6.17. The Morgan fingerprint density at radius 2 is 1.82 bits per heavy atom. The molecule has 0 spiro atoms. The molecule has 0 radical (unpaired) electrons. The Balaban J connectivity index is 1.57. The molecule has 6 bridgehead atoms. The van der Waals surface area contributed by atoms with Crippen LogP contribution in [0.5, 0.6) is 17.2 Å². The molecule has 34 heavy (non-hydrogen) atoms. The summed E-state index contributed by atoms with van der Waals surface area (Å²) in [5.74, 6) is 1.20. The molecule has 3 aliphatic heterocycles. The van der Waals surface area contributed by atoms with Gasteiger partial charge in [-0.3, -0.25) is 9.59 Å². The zero-order valence-electron chi connectivity index (χ0n) is 18.7. The van der Waals surface area contributed by atoms with Gasteiger partial charge in [-0.15, -0.1) is 0 Å². The van der Waals surface area contributed by atoms with E-state index >= 15 is 0 Å². The number of nitrogens with one attached hydrogen (secondary N) is 1. The van der Waals surface area contributed by atoms with Crippen molar-refractivity contribution in [3.63, 3.8) is 0 Å². The van der Waals surface area contributed by atoms with E-state index < -0.39 is 0 Å². The van der Waals surface area contributed by atoms with Gasteiger partial charge in [0, 0.05) is 18.7 Å². The predicted octanol–water partition coefficient (Wildman–Crippen LogP) is 3.46. The van der Waals surface area contributed by atoms with Crippen LogP contribution >= 0.6 is 0 Å². The van der Waals surface area contributed by atoms with Crippen LogP contribution in [-0.4, -0.2) is 48.1 Å². The van der Waals surface area contributed by atoms with Crippen molar-refractivity contribution >= 4 is 11.8 Å². The highest BCUT2D eigenvalue weighted by Crippen LogP contribution is 2.38. The van der Waals surface area contributed by atoms with E-state index in [0.29, 0.717) is 43.9 Å². The van der Waals surface area contributed by atoms with Gasteiger partial charge in [-0.1, -0.05) is 18.2 Å². The average molecular weight is 459 g/mol. The zero-order valence-corrected chi connectivity index (χ0v) is 18.7. The lowest BCUT2D eigenvalue weighted by molar-refractivity contribution is -0.123. The van der Waals surface area contributed by atoms with Crippen molar-refractivity contribution in [1.82, 2.24) is 10.2 Å². The topological polar surface area (TPSA) is 88.1 Å². The lowest BCUT2D eigenvalue weighted by Crippen LogP contribution is -2.40. The normalized spacial score (nSPS) is 17.9. The summed E-state index contributed by atoms with van der Waals surface area (Å²) in [5.41, 5.74) is 3.57. The minimum Gasteiger partial charge on any atom is -0.508 e. The molecule has 0 unspecified atom stereocenters. The van der Waals surface area contributed by atoms with Crippen LogP contribution in [0.4, 0.5) is 0 Å². The molecule has 2 N–H and O–H groups in total. The first-order valence-electron chi connectivity index (χ1n) is 11.4. The van der Waals surface area contributed by atoms with Gasteiger partial charge in [-0.25, -0.2) is 0 Å². The van der Waals surface area contributed by atoms with Gasteiger partial charge in [0.25, 0.3) is 11.8 Å². The first kappa shape index (κ1) is 21.8. The van der Waals surface area contributed by atoms with Crippen LogP contribution in [0, 0.1) is 0 Å². The molecule has 3 heterocycles. The van der Waals surface area contributed by atoms with E-state index in [1.54, 1.807) is 12.1 Å². The number of carbonyl (C=O) groups is 2. The second-order valence-electron chi connectivity index (χ2n) is 8.47. The highest BCUT2D eigenvalue weighted by atomic mass is 16.5. The second-order valence-corrected chi connectivity index (χ2v) is 8.47. The summed E-state index contributed by atoms with van der Waals surface area (Å²) < 4.78 is 11.7. The molecule has 0 saturated heterocycles. The summed E-state index contributed by atoms with van der Waals surface area (Å²) >= 11 is 0. The number of rotatable bonds is 1. The summed E-state index contributed by atoms with van der Waals surface area (Å²) in [7, 11) is 0. The minimum atomic E-state index is -0.307. The number of ether oxygens (including phenoxy) is 2. The number of nitrogens with zero attached hydrogens (tertiary/aromatic N) is 1. The molecule has 0 fully saturated rings. The molecule has 0 saturated carbocycles. The number of hydrogen-bond donors (Lipinski definition) is 2. The van der Waals surface area contributed by atoms with Gasteiger partial charge in [0.1, 0.15) is 17.2 Å². The molecule has 7 nitrogen and oxygen atoms in total. The quantitative estimate of drug-likeness (QED) is 0.583. The SMILES string of the molecule is O=C1COc2ccc3c(c2)CCN(C(=O)c2ccc(O)cc2)[C@H]3c2cccc(c2)OCCCN1. The molecule has 0 aliphatic carbocycles. The molecule has 1 atom stereocenters. The number of aromatic hydroxyl groups is 1. The molecule has 2 amide bonds. The Labute approximate surface area is 197 Å². The van der Waals surface area contributed by atoms with Crippen LogP contribution < -0.4 is 14.8 Å². The zero-order chi connectivity index (χ0) is 23.5. The number of amides is 2. The Morgan fingerprint density at radius 1 is 1.00 bits per heavy atom. The summed E-state index contributed by atoms with van der Waals surface area (Å²) in [6.45, 7) is 1.44. The standard InChI is InChI=1S/C27H26N2O5/c30-21-7-5-18(6-8-21)27(32)29-13-11-19-15-23-9-10-24(19)26(29)20-3-1-4-22(16-20)33-14-2-12-28-25(31)17-34-23/h1,3-10,15-16,26,30H,2,11-14,17H2,(H,28,31)/t26-/m0/s1. The molecule has 3 aromatic carbocycles. The monoisotopic (exact) mass is 458 g/mol. The fraction of sp³-hybridized carbons (Fsp3) is 0.259. The number of hydrogen-bond acceptors (Lipinski definition) is 5. The number of phenolic OH excluding ortho intramolecular Hbond substituents is 1. The fourth-order valence-electron chi connectivity index (χ4n) is 4.51. The summed E-state index contributed by atoms with van der Waals surface area (Å²) in [5, 5.41) is 12.5. The molecular weight excluding hydrogens is 432 g/mol. The maximum Gasteiger partial charge on any atom is 0.257 e. The van der Waals surface area contributed by atoms with Crippen molar-refractivity contribution in [3.05, 3.63) is 89.0 Å². The summed E-state index contributed by atoms with van der Waals surface area (Å²) in [6, 6.07) is 19.6. The van der Waals surface area contributed by atoms with Crippen molar-refractivity contribution < 1.29 is 24.2 Å². The molecule has 3 aromatic rings. The van der Waals surface area contributed by atoms with Crippen LogP contribution in [0.25, 0.3) is 0 Å². The van der Waals surface area contributed by atoms with Gasteiger partial charge < -0.3 is 24.8 Å². The average Bonchev–Trinajstić information content (AvgIpc) is 2.86. The summed E-state index contributed by atoms with van der Waals surface area (Å²) in [6.07, 6.45) is 1.33. The lowest BCUT2D eigenvalue weighted by atomic mass is 9.87. The number of carbonyl (C=O) groups excluding carboxylic acids is 2. The first-order valence-corrected chi connectivity index (χ1v) is 11.4. The van der Waals surface area contributed by atoms with Crippen molar-refractivity contribution in [2.24, 2.45) is 0 Å². The van der Waals surface area contributed by atoms with Crippen LogP contribution in [0.1, 0.15) is 39.5 Å². The molecule has 3 aliphatic rings. The molecule has 6 rings (SSSR count). The predicted molar refractivity (Wildman–Crippen MR) is 126 cm³/mol. The van der Waals surface area contributed by atoms with E-state index in [4.69, 9.17) is 9.47 Å². The van der Waals surface area contributed by atoms with Gasteiger partial charge >= 0.3 is 0 Å². The highest BCUT2D eigenvalue weighted by Gasteiger charge is 2.33. The van der Waals surface area contributed by atoms with Crippen LogP contribution in [0.2, 0.25) is 0 Å². The Hall–Kier alpha value is -4.00. The largest absolute Gasteiger partial charge is 0.508 e. The molecule has 0 aromatic heterocycles. The van der Waals surface area contributed by atoms with Gasteiger partial charge in [0.15, 0.2) is 6.61 Å². The van der Waals surface area contributed by atoms with Crippen molar-refractivity contribution in [1.29, 1.82) is 0 Å². The van der Waals surface area contributed by atoms with E-state index in [2.05, 4.69) is 5.32 Å². The highest BCUT2D eigenvalue weighted by molar-refractivity contribution is 5.95. The van der Waals surface area contributed by atoms with Crippen molar-refractivity contribution in [2.45, 2.75) is 18.9 Å². The second kappa shape index (κ2) is 9.47. The Kier molecular flexibility index (Phi) is 6.08. The van der Waals surface area contributed by atoms with Gasteiger partial charge in [-0.05, 0) is 78.1 Å². The first-order chi connectivity index (χ1) is 16.6. The molecule has 7 heteroatoms. The van der Waals surface area contributed by atoms with Crippen molar-refractivity contribution in [3.8, 4) is 17.2 Å². The van der Waals surface area contributed by atoms with Gasteiger partial charge in [0.05, 0.1) is 12.6 Å². The van der Waals surface area contributed by atoms with Gasteiger partial charge in [-0.2, -0.15) is 0 Å². The van der Waals surface area contributed by atoms with Gasteiger partial charge in [0.2, 0.25) is 0 Å². The van der Waals surface area contributed by atoms with Crippen LogP contribution in [-0.2, 0) is 11.2 Å². The molecular formula is C27H26N2O5. The number of phenols is 1. The van der Waals surface area contributed by atoms with E-state index in [9.17, 15) is 14.7 Å². The van der Waals surface area contributed by atoms with E-state index in [1.807, 2.05) is 47.4 Å². The molecule has 174 valence electrons. The third-order valence-corrected chi connectivity index (χ3v) is 6.17. The minimum absolute atomic E-state index is 0.0480. The van der Waals surface area contributed by atoms with Crippen molar-refractivity contribution in [2.75, 3.05) is 26.3 Å². The Morgan fingerprint density at radius 3 is 2.68 bits per heavy atom. The fourth-order valence-corrected chi connectivity index (χ4v) is 4.51. The lowest BCUT2D eigenvalue weighted by Gasteiger charge is -2.38. The number of benzene rings is 3. The van der Waals surface area contributed by atoms with Crippen LogP contribution in [0.15, 0.2) is 66.7 Å². The maximum absolute atomic E-state index is 13.6. The Bertz CT molecular complexity index is 1210. The third kappa shape index (κ3) is 4.55. The van der Waals surface area contributed by atoms with Crippen LogP contribution in [0.3, 0.4) is 0 Å². The maximum atomic E-state index is 13.6. The summed E-state index contributed by atoms with van der Waals surface area (Å²) in [4.78, 5) is 27.5. The van der Waals surface area contributed by atoms with E-state index in [0.717, 1.165) is 22.4 Å². The number of fused-ring (bicyclic) bond motifs is 8. The smallest absolute Gasteiger partial charge is 0.257 e. The van der Waals surface area contributed by atoms with E-state index in [-0.39, 0.29) is 30.2 Å². The van der Waals surface area contributed by atoms with E-state index in [1.165, 1.54) is 12.1 Å².